The summed E-state index contributed by atoms with van der Waals surface area (Å²) in [5.41, 5.74) is 3.62. The minimum atomic E-state index is -1.10. The number of halogens is 1. The number of hydrogen-bond donors (Lipinski definition) is 1. The number of carbonyl (C=O) groups is 2. The van der Waals surface area contributed by atoms with Crippen molar-refractivity contribution < 1.29 is 33.6 Å². The van der Waals surface area contributed by atoms with Crippen LogP contribution in [0.4, 0.5) is 0 Å². The second-order valence-electron chi connectivity index (χ2n) is 11.7. The third kappa shape index (κ3) is 8.07. The van der Waals surface area contributed by atoms with Crippen molar-refractivity contribution in [2.75, 3.05) is 26.4 Å². The number of carboxylic acids is 1. The zero-order chi connectivity index (χ0) is 32.0. The Morgan fingerprint density at radius 1 is 1.02 bits per heavy atom. The molecule has 236 valence electrons. The molecule has 2 aliphatic heterocycles. The van der Waals surface area contributed by atoms with Crippen LogP contribution in [0.5, 0.6) is 0 Å². The van der Waals surface area contributed by atoms with Crippen LogP contribution in [0.1, 0.15) is 55.7 Å². The second kappa shape index (κ2) is 14.5. The summed E-state index contributed by atoms with van der Waals surface area (Å²) in [4.78, 5) is 31.3. The highest BCUT2D eigenvalue weighted by molar-refractivity contribution is 6.30. The largest absolute Gasteiger partial charge is 0.481 e. The summed E-state index contributed by atoms with van der Waals surface area (Å²) in [6.45, 7) is 5.97. The third-order valence-electron chi connectivity index (χ3n) is 8.06. The maximum absolute atomic E-state index is 14.0. The van der Waals surface area contributed by atoms with Gasteiger partial charge in [-0.2, -0.15) is 0 Å². The molecule has 0 radical (unpaired) electrons. The average Bonchev–Trinajstić information content (AvgIpc) is 3.37. The lowest BCUT2D eigenvalue weighted by Gasteiger charge is -2.31. The van der Waals surface area contributed by atoms with Gasteiger partial charge >= 0.3 is 11.9 Å². The molecule has 1 N–H and O–H groups in total. The van der Waals surface area contributed by atoms with Gasteiger partial charge in [-0.3, -0.25) is 9.79 Å². The highest BCUT2D eigenvalue weighted by atomic mass is 35.5. The molecular formula is C36H38ClNO7. The van der Waals surface area contributed by atoms with Crippen LogP contribution in [0.2, 0.25) is 5.02 Å². The number of nitrogens with zero attached hydrogens (tertiary/aromatic N) is 1. The van der Waals surface area contributed by atoms with Crippen molar-refractivity contribution in [2.24, 2.45) is 10.9 Å². The number of ether oxygens (including phenoxy) is 4. The number of rotatable bonds is 12. The van der Waals surface area contributed by atoms with E-state index in [9.17, 15) is 14.7 Å². The Morgan fingerprint density at radius 2 is 1.69 bits per heavy atom. The molecular weight excluding hydrogens is 594 g/mol. The van der Waals surface area contributed by atoms with E-state index in [0.717, 1.165) is 11.1 Å². The lowest BCUT2D eigenvalue weighted by atomic mass is 9.75. The highest BCUT2D eigenvalue weighted by Gasteiger charge is 2.43. The van der Waals surface area contributed by atoms with E-state index in [0.29, 0.717) is 35.0 Å². The molecule has 9 heteroatoms. The lowest BCUT2D eigenvalue weighted by molar-refractivity contribution is -0.144. The first-order valence-electron chi connectivity index (χ1n) is 15.1. The van der Waals surface area contributed by atoms with Crippen molar-refractivity contribution in [1.82, 2.24) is 0 Å². The summed E-state index contributed by atoms with van der Waals surface area (Å²) in [5, 5.41) is 10.7. The summed E-state index contributed by atoms with van der Waals surface area (Å²) in [5.74, 6) is -4.42. The number of carboxylic acid groups (broad SMARTS) is 1. The van der Waals surface area contributed by atoms with Crippen LogP contribution in [-0.4, -0.2) is 61.1 Å². The fourth-order valence-corrected chi connectivity index (χ4v) is 6.24. The van der Waals surface area contributed by atoms with Gasteiger partial charge in [0.2, 0.25) is 0 Å². The predicted octanol–water partition coefficient (Wildman–Crippen LogP) is 6.79. The highest BCUT2D eigenvalue weighted by Crippen LogP contribution is 2.41. The molecule has 45 heavy (non-hydrogen) atoms. The molecule has 2 aliphatic rings. The quantitative estimate of drug-likeness (QED) is 0.220. The maximum atomic E-state index is 14.0. The van der Waals surface area contributed by atoms with E-state index in [2.05, 4.69) is 29.3 Å². The third-order valence-corrected chi connectivity index (χ3v) is 8.30. The van der Waals surface area contributed by atoms with Crippen LogP contribution < -0.4 is 0 Å². The van der Waals surface area contributed by atoms with E-state index in [1.54, 1.807) is 31.2 Å². The van der Waals surface area contributed by atoms with Gasteiger partial charge in [-0.25, -0.2) is 4.79 Å². The molecule has 3 aromatic rings. The number of aliphatic imine (C=N–C) groups is 1. The number of aliphatic carboxylic acids is 1. The van der Waals surface area contributed by atoms with Gasteiger partial charge in [-0.1, -0.05) is 84.4 Å². The molecule has 1 saturated heterocycles. The molecule has 1 fully saturated rings. The Bertz CT molecular complexity index is 1510. The van der Waals surface area contributed by atoms with E-state index in [1.165, 1.54) is 0 Å². The number of benzene rings is 3. The average molecular weight is 632 g/mol. The van der Waals surface area contributed by atoms with Gasteiger partial charge in [-0.15, -0.1) is 0 Å². The van der Waals surface area contributed by atoms with Crippen LogP contribution in [0, 0.1) is 5.92 Å². The Kier molecular flexibility index (Phi) is 10.5. The van der Waals surface area contributed by atoms with E-state index < -0.39 is 29.6 Å². The van der Waals surface area contributed by atoms with Crippen molar-refractivity contribution in [2.45, 2.75) is 50.9 Å². The minimum Gasteiger partial charge on any atom is -0.481 e. The van der Waals surface area contributed by atoms with Crippen LogP contribution in [-0.2, 0) is 28.5 Å². The van der Waals surface area contributed by atoms with Gasteiger partial charge in [0.15, 0.2) is 5.79 Å². The molecule has 2 heterocycles. The Hall–Kier alpha value is -3.82. The molecule has 0 aromatic heterocycles. The van der Waals surface area contributed by atoms with Gasteiger partial charge < -0.3 is 24.1 Å². The smallest absolute Gasteiger partial charge is 0.336 e. The molecule has 3 atom stereocenters. The summed E-state index contributed by atoms with van der Waals surface area (Å²) in [7, 11) is 0. The standard InChI is InChI=1S/C36H38ClNO7/c1-23-31(34(39)40)32(26-15-10-16-27(37)19-26)33(30(38-23)22-42-20-28-21-44-36(2,3)45-28)35(41)43-18-17-29(24-11-6-4-7-12-24)25-13-8-5-9-14-25/h4-16,19,28-29,31-32H,17-18,20-22H2,1-3H3,(H,39,40). The molecule has 8 nitrogen and oxygen atoms in total. The van der Waals surface area contributed by atoms with Crippen molar-refractivity contribution >= 4 is 29.3 Å². The Labute approximate surface area is 268 Å². The molecule has 3 unspecified atom stereocenters. The number of esters is 1. The normalized spacial score (nSPS) is 21.1. The summed E-state index contributed by atoms with van der Waals surface area (Å²) >= 11 is 6.35. The Morgan fingerprint density at radius 3 is 2.27 bits per heavy atom. The molecule has 5 rings (SSSR count). The summed E-state index contributed by atoms with van der Waals surface area (Å²) < 4.78 is 23.4. The zero-order valence-electron chi connectivity index (χ0n) is 25.6. The SMILES string of the molecule is CC1=NC(COCC2COC(C)(C)O2)=C(C(=O)OCCC(c2ccccc2)c2ccccc2)C(c2cccc(Cl)c2)C1C(=O)O. The van der Waals surface area contributed by atoms with E-state index in [1.807, 2.05) is 50.2 Å². The summed E-state index contributed by atoms with van der Waals surface area (Å²) in [6.07, 6.45) is 0.244. The predicted molar refractivity (Wildman–Crippen MR) is 171 cm³/mol. The van der Waals surface area contributed by atoms with Crippen molar-refractivity contribution in [3.05, 3.63) is 118 Å². The van der Waals surface area contributed by atoms with Crippen molar-refractivity contribution in [3.63, 3.8) is 0 Å². The van der Waals surface area contributed by atoms with Crippen LogP contribution in [0.25, 0.3) is 0 Å². The first-order chi connectivity index (χ1) is 21.6. The van der Waals surface area contributed by atoms with Gasteiger partial charge in [0.1, 0.15) is 12.0 Å². The van der Waals surface area contributed by atoms with Crippen molar-refractivity contribution in [3.8, 4) is 0 Å². The molecule has 0 spiro atoms. The van der Waals surface area contributed by atoms with E-state index >= 15 is 0 Å². The van der Waals surface area contributed by atoms with E-state index in [4.69, 9.17) is 30.5 Å². The van der Waals surface area contributed by atoms with Crippen LogP contribution in [0.15, 0.2) is 101 Å². The van der Waals surface area contributed by atoms with E-state index in [-0.39, 0.29) is 37.4 Å². The second-order valence-corrected chi connectivity index (χ2v) is 12.2. The minimum absolute atomic E-state index is 0.00280. The van der Waals surface area contributed by atoms with Gasteiger partial charge in [0.05, 0.1) is 37.7 Å². The molecule has 0 amide bonds. The monoisotopic (exact) mass is 631 g/mol. The van der Waals surface area contributed by atoms with Crippen molar-refractivity contribution in [1.29, 1.82) is 0 Å². The molecule has 0 aliphatic carbocycles. The number of carbonyl (C=O) groups excluding carboxylic acids is 1. The fourth-order valence-electron chi connectivity index (χ4n) is 6.04. The zero-order valence-corrected chi connectivity index (χ0v) is 26.4. The van der Waals surface area contributed by atoms with Gasteiger partial charge in [0.25, 0.3) is 0 Å². The van der Waals surface area contributed by atoms with Crippen LogP contribution in [0.3, 0.4) is 0 Å². The maximum Gasteiger partial charge on any atom is 0.336 e. The molecule has 0 saturated carbocycles. The Balaban J connectivity index is 1.43. The lowest BCUT2D eigenvalue weighted by Crippen LogP contribution is -2.36. The van der Waals surface area contributed by atoms with Crippen LogP contribution >= 0.6 is 11.6 Å². The van der Waals surface area contributed by atoms with Gasteiger partial charge in [-0.05, 0) is 56.0 Å². The topological polar surface area (TPSA) is 104 Å². The first-order valence-corrected chi connectivity index (χ1v) is 15.4. The summed E-state index contributed by atoms with van der Waals surface area (Å²) in [6, 6.07) is 27.0. The molecule has 0 bridgehead atoms. The molecule has 3 aromatic carbocycles. The van der Waals surface area contributed by atoms with Gasteiger partial charge in [0, 0.05) is 22.6 Å². The first kappa shape index (κ1) is 32.6. The fraction of sp³-hybridized carbons (Fsp3) is 0.361. The number of hydrogen-bond acceptors (Lipinski definition) is 7.